The third-order valence-corrected chi connectivity index (χ3v) is 3.46. The minimum atomic E-state index is -0.175. The van der Waals surface area contributed by atoms with Crippen LogP contribution in [0.5, 0.6) is 0 Å². The van der Waals surface area contributed by atoms with Crippen LogP contribution in [0, 0.1) is 5.92 Å². The summed E-state index contributed by atoms with van der Waals surface area (Å²) < 4.78 is 5.91. The van der Waals surface area contributed by atoms with Gasteiger partial charge in [0, 0.05) is 4.48 Å². The van der Waals surface area contributed by atoms with E-state index in [-0.39, 0.29) is 11.9 Å². The molecule has 2 nitrogen and oxygen atoms in total. The van der Waals surface area contributed by atoms with E-state index < -0.39 is 0 Å². The van der Waals surface area contributed by atoms with Crippen molar-refractivity contribution in [3.8, 4) is 0 Å². The number of allylic oxidation sites excluding steroid dienone is 1. The molecule has 0 aromatic rings. The van der Waals surface area contributed by atoms with Gasteiger partial charge >= 0.3 is 5.97 Å². The van der Waals surface area contributed by atoms with Crippen molar-refractivity contribution in [3.63, 3.8) is 0 Å². The van der Waals surface area contributed by atoms with Crippen molar-refractivity contribution >= 4 is 21.9 Å². The fourth-order valence-electron chi connectivity index (χ4n) is 1.37. The van der Waals surface area contributed by atoms with Gasteiger partial charge in [-0.25, -0.2) is 0 Å². The van der Waals surface area contributed by atoms with Gasteiger partial charge in [-0.15, -0.1) is 0 Å². The zero-order valence-corrected chi connectivity index (χ0v) is 12.2. The number of halogens is 1. The highest BCUT2D eigenvalue weighted by molar-refractivity contribution is 9.11. The summed E-state index contributed by atoms with van der Waals surface area (Å²) in [5.41, 5.74) is 0. The third kappa shape index (κ3) is 7.04. The van der Waals surface area contributed by atoms with E-state index in [4.69, 9.17) is 4.74 Å². The molecule has 0 aromatic carbocycles. The van der Waals surface area contributed by atoms with E-state index in [9.17, 15) is 4.79 Å². The number of hydrogen-bond acceptors (Lipinski definition) is 2. The van der Waals surface area contributed by atoms with Crippen molar-refractivity contribution < 1.29 is 9.53 Å². The zero-order valence-electron chi connectivity index (χ0n) is 10.6. The van der Waals surface area contributed by atoms with Gasteiger partial charge in [0.1, 0.15) is 0 Å². The molecule has 16 heavy (non-hydrogen) atoms. The normalized spacial score (nSPS) is 13.6. The van der Waals surface area contributed by atoms with Crippen LogP contribution in [0.25, 0.3) is 0 Å². The topological polar surface area (TPSA) is 26.3 Å². The summed E-state index contributed by atoms with van der Waals surface area (Å²) in [6.45, 7) is 6.34. The highest BCUT2D eigenvalue weighted by Gasteiger charge is 2.16. The molecule has 0 rings (SSSR count). The molecule has 0 heterocycles. The lowest BCUT2D eigenvalue weighted by Crippen LogP contribution is -2.14. The maximum atomic E-state index is 11.4. The molecule has 3 heteroatoms. The Morgan fingerprint density at radius 3 is 2.56 bits per heavy atom. The smallest absolute Gasteiger partial charge is 0.313 e. The Labute approximate surface area is 108 Å². The second-order valence-electron chi connectivity index (χ2n) is 3.91. The van der Waals surface area contributed by atoms with E-state index in [0.717, 1.165) is 10.9 Å². The monoisotopic (exact) mass is 290 g/mol. The van der Waals surface area contributed by atoms with E-state index in [1.54, 1.807) is 0 Å². The minimum absolute atomic E-state index is 0.154. The molecule has 0 aliphatic carbocycles. The van der Waals surface area contributed by atoms with Crippen LogP contribution in [-0.4, -0.2) is 12.6 Å². The predicted molar refractivity (Wildman–Crippen MR) is 71.6 cm³/mol. The predicted octanol–water partition coefficient (Wildman–Crippen LogP) is 4.43. The highest BCUT2D eigenvalue weighted by atomic mass is 79.9. The molecule has 0 spiro atoms. The molecule has 1 unspecified atom stereocenters. The van der Waals surface area contributed by atoms with E-state index in [0.29, 0.717) is 6.61 Å². The van der Waals surface area contributed by atoms with Crippen molar-refractivity contribution in [1.82, 2.24) is 0 Å². The number of esters is 1. The van der Waals surface area contributed by atoms with E-state index in [1.165, 1.54) is 25.7 Å². The molecule has 0 aliphatic rings. The van der Waals surface area contributed by atoms with Crippen molar-refractivity contribution in [2.75, 3.05) is 6.61 Å². The molecular weight excluding hydrogens is 268 g/mol. The first-order valence-electron chi connectivity index (χ1n) is 6.15. The van der Waals surface area contributed by atoms with Crippen LogP contribution >= 0.6 is 15.9 Å². The zero-order chi connectivity index (χ0) is 12.4. The largest absolute Gasteiger partial charge is 0.466 e. The minimum Gasteiger partial charge on any atom is -0.466 e. The van der Waals surface area contributed by atoms with Crippen molar-refractivity contribution in [2.24, 2.45) is 5.92 Å². The highest BCUT2D eigenvalue weighted by Crippen LogP contribution is 2.20. The summed E-state index contributed by atoms with van der Waals surface area (Å²) in [6, 6.07) is 0. The lowest BCUT2D eigenvalue weighted by atomic mass is 10.1. The number of carbonyl (C=O) groups excluding carboxylic acids is 1. The summed E-state index contributed by atoms with van der Waals surface area (Å²) in [7, 11) is 0. The second-order valence-corrected chi connectivity index (χ2v) is 4.83. The van der Waals surface area contributed by atoms with E-state index >= 15 is 0 Å². The lowest BCUT2D eigenvalue weighted by Gasteiger charge is -2.09. The standard InChI is InChI=1S/C13H23BrO2/c1-4-6-7-8-9-10-12(14)11(3)13(15)16-5-2/h10-11H,4-9H2,1-3H3/b12-10-. The molecule has 0 radical (unpaired) electrons. The summed E-state index contributed by atoms with van der Waals surface area (Å²) in [4.78, 5) is 11.4. The maximum absolute atomic E-state index is 11.4. The SMILES string of the molecule is CCCCCC/C=C(\Br)C(C)C(=O)OCC. The third-order valence-electron chi connectivity index (χ3n) is 2.45. The van der Waals surface area contributed by atoms with Crippen LogP contribution in [0.2, 0.25) is 0 Å². The lowest BCUT2D eigenvalue weighted by molar-refractivity contribution is -0.145. The van der Waals surface area contributed by atoms with Crippen molar-refractivity contribution in [1.29, 1.82) is 0 Å². The fraction of sp³-hybridized carbons (Fsp3) is 0.769. The summed E-state index contributed by atoms with van der Waals surface area (Å²) >= 11 is 3.44. The summed E-state index contributed by atoms with van der Waals surface area (Å²) in [6.07, 6.45) is 8.13. The Balaban J connectivity index is 3.87. The Morgan fingerprint density at radius 1 is 1.31 bits per heavy atom. The van der Waals surface area contributed by atoms with Gasteiger partial charge in [-0.2, -0.15) is 0 Å². The number of carbonyl (C=O) groups is 1. The van der Waals surface area contributed by atoms with Crippen molar-refractivity contribution in [2.45, 2.75) is 52.9 Å². The molecule has 0 N–H and O–H groups in total. The van der Waals surface area contributed by atoms with E-state index in [1.807, 2.05) is 13.8 Å². The Bertz CT molecular complexity index is 224. The van der Waals surface area contributed by atoms with Crippen LogP contribution in [0.15, 0.2) is 10.6 Å². The van der Waals surface area contributed by atoms with Crippen molar-refractivity contribution in [3.05, 3.63) is 10.6 Å². The molecular formula is C13H23BrO2. The van der Waals surface area contributed by atoms with Crippen LogP contribution in [0.1, 0.15) is 52.9 Å². The van der Waals surface area contributed by atoms with Gasteiger partial charge in [0.25, 0.3) is 0 Å². The molecule has 94 valence electrons. The first-order valence-corrected chi connectivity index (χ1v) is 6.94. The Morgan fingerprint density at radius 2 is 2.00 bits per heavy atom. The van der Waals surface area contributed by atoms with Gasteiger partial charge in [0.2, 0.25) is 0 Å². The molecule has 0 aliphatic heterocycles. The summed E-state index contributed by atoms with van der Waals surface area (Å²) in [5.74, 6) is -0.328. The molecule has 1 atom stereocenters. The van der Waals surface area contributed by atoms with Gasteiger partial charge in [0.05, 0.1) is 12.5 Å². The van der Waals surface area contributed by atoms with Crippen LogP contribution in [-0.2, 0) is 9.53 Å². The molecule has 0 fully saturated rings. The average Bonchev–Trinajstić information content (AvgIpc) is 2.27. The second kappa shape index (κ2) is 9.88. The van der Waals surface area contributed by atoms with Crippen LogP contribution < -0.4 is 0 Å². The quantitative estimate of drug-likeness (QED) is 0.488. The van der Waals surface area contributed by atoms with Gasteiger partial charge in [-0.05, 0) is 26.7 Å². The summed E-state index contributed by atoms with van der Waals surface area (Å²) in [5, 5.41) is 0. The molecule has 0 bridgehead atoms. The Hall–Kier alpha value is -0.310. The molecule has 0 saturated carbocycles. The first kappa shape index (κ1) is 15.7. The number of rotatable bonds is 8. The molecule has 0 amide bonds. The van der Waals surface area contributed by atoms with Crippen LogP contribution in [0.3, 0.4) is 0 Å². The average molecular weight is 291 g/mol. The van der Waals surface area contributed by atoms with Gasteiger partial charge in [0.15, 0.2) is 0 Å². The number of unbranched alkanes of at least 4 members (excludes halogenated alkanes) is 4. The molecule has 0 aromatic heterocycles. The van der Waals surface area contributed by atoms with Gasteiger partial charge in [-0.1, -0.05) is 48.2 Å². The van der Waals surface area contributed by atoms with Gasteiger partial charge in [-0.3, -0.25) is 4.79 Å². The van der Waals surface area contributed by atoms with Gasteiger partial charge < -0.3 is 4.74 Å². The number of hydrogen-bond donors (Lipinski definition) is 0. The van der Waals surface area contributed by atoms with E-state index in [2.05, 4.69) is 28.9 Å². The maximum Gasteiger partial charge on any atom is 0.313 e. The first-order chi connectivity index (χ1) is 7.63. The fourth-order valence-corrected chi connectivity index (χ4v) is 1.78. The molecule has 0 saturated heterocycles. The Kier molecular flexibility index (Phi) is 9.69. The number of ether oxygens (including phenoxy) is 1. The van der Waals surface area contributed by atoms with Crippen LogP contribution in [0.4, 0.5) is 0 Å².